The van der Waals surface area contributed by atoms with E-state index >= 15 is 0 Å². The summed E-state index contributed by atoms with van der Waals surface area (Å²) in [4.78, 5) is 0. The molecule has 0 bridgehead atoms. The van der Waals surface area contributed by atoms with Crippen LogP contribution in [0.3, 0.4) is 0 Å². The summed E-state index contributed by atoms with van der Waals surface area (Å²) in [5, 5.41) is 0. The Balaban J connectivity index is 1.74. The van der Waals surface area contributed by atoms with E-state index in [0.29, 0.717) is 0 Å². The topological polar surface area (TPSA) is 8.81 Å². The molecule has 2 nitrogen and oxygen atoms in total. The normalized spacial score (nSPS) is 12.9. The molecule has 0 amide bonds. The number of rotatable bonds is 7. The van der Waals surface area contributed by atoms with Crippen LogP contribution in [0.25, 0.3) is 11.3 Å². The largest absolute Gasteiger partial charge is 0.245 e. The molecule has 0 N–H and O–H groups in total. The molecule has 0 saturated carbocycles. The fourth-order valence-corrected chi connectivity index (χ4v) is 4.82. The third-order valence-corrected chi connectivity index (χ3v) is 6.75. The molecule has 2 atom stereocenters. The SMILES string of the molecule is C[C@H](c1ccccc1)n1c[n+]([C@H](C)c2ccccc2)c(-c2ccccc2)c1Cc1ccccc1. The summed E-state index contributed by atoms with van der Waals surface area (Å²) in [7, 11) is 0. The zero-order valence-corrected chi connectivity index (χ0v) is 19.9. The molecule has 0 saturated heterocycles. The van der Waals surface area contributed by atoms with Crippen molar-refractivity contribution in [3.63, 3.8) is 0 Å². The van der Waals surface area contributed by atoms with Gasteiger partial charge in [-0.2, -0.15) is 0 Å². The van der Waals surface area contributed by atoms with Gasteiger partial charge in [-0.15, -0.1) is 0 Å². The molecule has 0 spiro atoms. The third-order valence-electron chi connectivity index (χ3n) is 6.75. The Hall–Kier alpha value is -3.91. The number of hydrogen-bond donors (Lipinski definition) is 0. The zero-order chi connectivity index (χ0) is 23.3. The Bertz CT molecular complexity index is 1320. The van der Waals surface area contributed by atoms with Gasteiger partial charge in [0.1, 0.15) is 12.1 Å². The van der Waals surface area contributed by atoms with Crippen molar-refractivity contribution < 1.29 is 4.57 Å². The van der Waals surface area contributed by atoms with Crippen molar-refractivity contribution in [3.8, 4) is 11.3 Å². The first-order chi connectivity index (χ1) is 16.7. The van der Waals surface area contributed by atoms with Gasteiger partial charge in [0.15, 0.2) is 11.4 Å². The van der Waals surface area contributed by atoms with Gasteiger partial charge >= 0.3 is 0 Å². The average Bonchev–Trinajstić information content (AvgIpc) is 3.28. The lowest BCUT2D eigenvalue weighted by atomic mass is 10.0. The minimum Gasteiger partial charge on any atom is -0.226 e. The fourth-order valence-electron chi connectivity index (χ4n) is 4.82. The quantitative estimate of drug-likeness (QED) is 0.234. The molecule has 5 aromatic rings. The molecule has 0 unspecified atom stereocenters. The molecule has 5 rings (SSSR count). The summed E-state index contributed by atoms with van der Waals surface area (Å²) >= 11 is 0. The molecule has 0 radical (unpaired) electrons. The van der Waals surface area contributed by atoms with E-state index in [1.165, 1.54) is 33.6 Å². The molecule has 2 heteroatoms. The first kappa shape index (κ1) is 21.9. The van der Waals surface area contributed by atoms with Crippen LogP contribution in [-0.2, 0) is 6.42 Å². The number of hydrogen-bond acceptors (Lipinski definition) is 0. The van der Waals surface area contributed by atoms with E-state index in [4.69, 9.17) is 0 Å². The lowest BCUT2D eigenvalue weighted by molar-refractivity contribution is -0.700. The van der Waals surface area contributed by atoms with E-state index in [0.717, 1.165) is 6.42 Å². The Morgan fingerprint density at radius 2 is 1.12 bits per heavy atom. The highest BCUT2D eigenvalue weighted by Crippen LogP contribution is 2.30. The molecule has 1 aromatic heterocycles. The van der Waals surface area contributed by atoms with E-state index in [-0.39, 0.29) is 12.1 Å². The molecular weight excluding hydrogens is 412 g/mol. The molecule has 4 aromatic carbocycles. The van der Waals surface area contributed by atoms with Crippen molar-refractivity contribution in [1.82, 2.24) is 4.57 Å². The van der Waals surface area contributed by atoms with Crippen LogP contribution in [-0.4, -0.2) is 4.57 Å². The highest BCUT2D eigenvalue weighted by Gasteiger charge is 2.31. The van der Waals surface area contributed by atoms with Gasteiger partial charge in [0.25, 0.3) is 0 Å². The number of imidazole rings is 1. The maximum absolute atomic E-state index is 2.48. The van der Waals surface area contributed by atoms with Gasteiger partial charge in [-0.05, 0) is 30.5 Å². The molecule has 0 aliphatic carbocycles. The Morgan fingerprint density at radius 3 is 1.71 bits per heavy atom. The van der Waals surface area contributed by atoms with Crippen LogP contribution in [0, 0.1) is 0 Å². The molecular formula is C32H31N2+. The van der Waals surface area contributed by atoms with Crippen LogP contribution >= 0.6 is 0 Å². The Labute approximate surface area is 202 Å². The number of benzene rings is 4. The van der Waals surface area contributed by atoms with E-state index in [9.17, 15) is 0 Å². The van der Waals surface area contributed by atoms with Crippen LogP contribution < -0.4 is 4.57 Å². The second-order valence-corrected chi connectivity index (χ2v) is 8.93. The minimum absolute atomic E-state index is 0.204. The van der Waals surface area contributed by atoms with Gasteiger partial charge in [-0.1, -0.05) is 121 Å². The standard InChI is InChI=1S/C32H31N2/c1-25(28-17-9-4-10-18-28)33-24-34(26(2)29-19-11-5-12-20-29)32(30-21-13-6-14-22-30)31(33)23-27-15-7-3-8-16-27/h3-22,24-26H,23H2,1-2H3/q+1/t25-,26-/m1/s1. The van der Waals surface area contributed by atoms with Gasteiger partial charge < -0.3 is 0 Å². The van der Waals surface area contributed by atoms with Gasteiger partial charge in [0.2, 0.25) is 6.33 Å². The average molecular weight is 444 g/mol. The van der Waals surface area contributed by atoms with Crippen LogP contribution in [0.4, 0.5) is 0 Å². The fraction of sp³-hybridized carbons (Fsp3) is 0.156. The smallest absolute Gasteiger partial charge is 0.226 e. The molecule has 1 heterocycles. The summed E-state index contributed by atoms with van der Waals surface area (Å²) in [6, 6.07) is 43.6. The molecule has 168 valence electrons. The number of nitrogens with zero attached hydrogens (tertiary/aromatic N) is 2. The maximum atomic E-state index is 2.48. The van der Waals surface area contributed by atoms with Crippen molar-refractivity contribution in [2.45, 2.75) is 32.4 Å². The Kier molecular flexibility index (Phi) is 6.40. The molecule has 34 heavy (non-hydrogen) atoms. The lowest BCUT2D eigenvalue weighted by Crippen LogP contribution is -2.39. The van der Waals surface area contributed by atoms with Gasteiger partial charge in [0, 0.05) is 12.0 Å². The highest BCUT2D eigenvalue weighted by atomic mass is 15.2. The first-order valence-electron chi connectivity index (χ1n) is 12.1. The summed E-state index contributed by atoms with van der Waals surface area (Å²) in [5.74, 6) is 0. The lowest BCUT2D eigenvalue weighted by Gasteiger charge is -2.13. The van der Waals surface area contributed by atoms with E-state index in [2.05, 4.69) is 151 Å². The summed E-state index contributed by atoms with van der Waals surface area (Å²) in [6.45, 7) is 4.60. The van der Waals surface area contributed by atoms with E-state index in [1.54, 1.807) is 0 Å². The van der Waals surface area contributed by atoms with Crippen LogP contribution in [0.1, 0.15) is 48.3 Å². The second-order valence-electron chi connectivity index (χ2n) is 8.93. The van der Waals surface area contributed by atoms with Crippen molar-refractivity contribution in [1.29, 1.82) is 0 Å². The molecule has 0 aliphatic rings. The van der Waals surface area contributed by atoms with Crippen LogP contribution in [0.2, 0.25) is 0 Å². The first-order valence-corrected chi connectivity index (χ1v) is 12.1. The van der Waals surface area contributed by atoms with Gasteiger partial charge in [-0.3, -0.25) is 0 Å². The summed E-state index contributed by atoms with van der Waals surface area (Å²) < 4.78 is 4.94. The second kappa shape index (κ2) is 9.93. The Morgan fingerprint density at radius 1 is 0.618 bits per heavy atom. The zero-order valence-electron chi connectivity index (χ0n) is 19.9. The van der Waals surface area contributed by atoms with Crippen LogP contribution in [0.15, 0.2) is 128 Å². The van der Waals surface area contributed by atoms with E-state index in [1.807, 2.05) is 0 Å². The van der Waals surface area contributed by atoms with Gasteiger partial charge in [0.05, 0.1) is 0 Å². The summed E-state index contributed by atoms with van der Waals surface area (Å²) in [6.07, 6.45) is 3.20. The van der Waals surface area contributed by atoms with E-state index < -0.39 is 0 Å². The summed E-state index contributed by atoms with van der Waals surface area (Å²) in [5.41, 5.74) is 7.79. The number of aromatic nitrogens is 2. The third kappa shape index (κ3) is 4.45. The highest BCUT2D eigenvalue weighted by molar-refractivity contribution is 5.60. The van der Waals surface area contributed by atoms with Crippen molar-refractivity contribution in [2.75, 3.05) is 0 Å². The minimum atomic E-state index is 0.204. The maximum Gasteiger partial charge on any atom is 0.245 e. The van der Waals surface area contributed by atoms with Crippen LogP contribution in [0.5, 0.6) is 0 Å². The monoisotopic (exact) mass is 443 g/mol. The predicted octanol–water partition coefficient (Wildman–Crippen LogP) is 7.25. The van der Waals surface area contributed by atoms with Crippen molar-refractivity contribution >= 4 is 0 Å². The molecule has 0 aliphatic heterocycles. The molecule has 0 fully saturated rings. The van der Waals surface area contributed by atoms with Crippen molar-refractivity contribution in [2.24, 2.45) is 0 Å². The van der Waals surface area contributed by atoms with Crippen molar-refractivity contribution in [3.05, 3.63) is 150 Å². The predicted molar refractivity (Wildman–Crippen MR) is 140 cm³/mol. The van der Waals surface area contributed by atoms with Gasteiger partial charge in [-0.25, -0.2) is 9.13 Å².